The number of nitrogens with zero attached hydrogens (tertiary/aromatic N) is 2. The maximum Gasteiger partial charge on any atom is 0.141 e. The molecule has 0 fully saturated rings. The molecule has 2 N–H and O–H groups in total. The monoisotopic (exact) mass is 426 g/mol. The number of nitrogens with one attached hydrogen (secondary N) is 2. The van der Waals surface area contributed by atoms with Crippen molar-refractivity contribution < 1.29 is 9.47 Å². The van der Waals surface area contributed by atoms with E-state index in [2.05, 4.69) is 44.5 Å². The third-order valence-corrected chi connectivity index (χ3v) is 5.84. The molecule has 1 aliphatic rings. The van der Waals surface area contributed by atoms with Gasteiger partial charge < -0.3 is 19.8 Å². The highest BCUT2D eigenvalue weighted by atomic mass is 16.5. The predicted molar refractivity (Wildman–Crippen MR) is 127 cm³/mol. The Balaban J connectivity index is 1.47. The van der Waals surface area contributed by atoms with E-state index in [1.54, 1.807) is 13.4 Å². The number of hydrogen-bond acceptors (Lipinski definition) is 5. The lowest BCUT2D eigenvalue weighted by atomic mass is 10.0. The molecule has 6 heteroatoms. The molecule has 0 radical (unpaired) electrons. The van der Waals surface area contributed by atoms with E-state index in [1.165, 1.54) is 5.57 Å². The molecule has 162 valence electrons. The van der Waals surface area contributed by atoms with Crippen molar-refractivity contribution in [2.45, 2.75) is 19.4 Å². The Bertz CT molecular complexity index is 1260. The largest absolute Gasteiger partial charge is 0.496 e. The third kappa shape index (κ3) is 3.97. The number of ether oxygens (including phenoxy) is 2. The number of hydrogen-bond donors (Lipinski definition) is 2. The van der Waals surface area contributed by atoms with Crippen LogP contribution in [0.3, 0.4) is 0 Å². The van der Waals surface area contributed by atoms with Gasteiger partial charge in [0, 0.05) is 23.6 Å². The van der Waals surface area contributed by atoms with Crippen LogP contribution in [0.4, 0.5) is 0 Å². The lowest BCUT2D eigenvalue weighted by molar-refractivity contribution is 0.226. The Morgan fingerprint density at radius 2 is 1.91 bits per heavy atom. The highest BCUT2D eigenvalue weighted by Gasteiger charge is 2.17. The van der Waals surface area contributed by atoms with E-state index in [0.717, 1.165) is 64.6 Å². The predicted octanol–water partition coefficient (Wildman–Crippen LogP) is 5.15. The Hall–Kier alpha value is -3.64. The fourth-order valence-electron chi connectivity index (χ4n) is 4.14. The van der Waals surface area contributed by atoms with Gasteiger partial charge in [-0.2, -0.15) is 0 Å². The van der Waals surface area contributed by atoms with Crippen LogP contribution in [0.2, 0.25) is 0 Å². The zero-order valence-electron chi connectivity index (χ0n) is 18.3. The molecule has 6 nitrogen and oxygen atoms in total. The van der Waals surface area contributed by atoms with Gasteiger partial charge in [-0.25, -0.2) is 9.97 Å². The van der Waals surface area contributed by atoms with Crippen molar-refractivity contribution in [3.05, 3.63) is 78.3 Å². The van der Waals surface area contributed by atoms with Crippen LogP contribution in [0.1, 0.15) is 30.7 Å². The molecule has 3 heterocycles. The highest BCUT2D eigenvalue weighted by Crippen LogP contribution is 2.36. The van der Waals surface area contributed by atoms with Crippen LogP contribution in [0.5, 0.6) is 11.5 Å². The second-order valence-electron chi connectivity index (χ2n) is 7.88. The summed E-state index contributed by atoms with van der Waals surface area (Å²) in [6, 6.07) is 18.2. The molecule has 0 bridgehead atoms. The van der Waals surface area contributed by atoms with E-state index in [4.69, 9.17) is 9.47 Å². The second kappa shape index (κ2) is 8.85. The minimum absolute atomic E-state index is 0.0593. The standard InChI is InChI=1S/C26H26N4O2/c1-17(18-6-4-3-5-7-18)32-20-8-9-21(24(14-20)31-2)23-15-22-25(19-10-12-27-13-11-19)28-16-29-26(22)30-23/h3-10,14-17,27H,11-13H2,1-2H3,(H,28,29,30). The SMILES string of the molecule is COc1cc(OC(C)c2ccccc2)ccc1-c1cc2c(C3=CCNCC3)ncnc2[nH]1. The van der Waals surface area contributed by atoms with Gasteiger partial charge >= 0.3 is 0 Å². The first kappa shape index (κ1) is 20.3. The number of aromatic amines is 1. The summed E-state index contributed by atoms with van der Waals surface area (Å²) in [6.07, 6.45) is 4.73. The van der Waals surface area contributed by atoms with E-state index in [-0.39, 0.29) is 6.10 Å². The van der Waals surface area contributed by atoms with Crippen molar-refractivity contribution >= 4 is 16.6 Å². The lowest BCUT2D eigenvalue weighted by Gasteiger charge is -2.16. The molecule has 2 aromatic heterocycles. The summed E-state index contributed by atoms with van der Waals surface area (Å²) in [5.74, 6) is 1.50. The van der Waals surface area contributed by atoms with Crippen molar-refractivity contribution in [1.82, 2.24) is 20.3 Å². The molecule has 1 aliphatic heterocycles. The number of H-pyrrole nitrogens is 1. The summed E-state index contributed by atoms with van der Waals surface area (Å²) in [7, 11) is 1.68. The summed E-state index contributed by atoms with van der Waals surface area (Å²) in [4.78, 5) is 12.5. The van der Waals surface area contributed by atoms with E-state index < -0.39 is 0 Å². The maximum absolute atomic E-state index is 6.17. The van der Waals surface area contributed by atoms with Gasteiger partial charge in [0.1, 0.15) is 29.6 Å². The Morgan fingerprint density at radius 1 is 1.03 bits per heavy atom. The topological polar surface area (TPSA) is 72.1 Å². The van der Waals surface area contributed by atoms with Crippen LogP contribution in [-0.4, -0.2) is 35.2 Å². The number of fused-ring (bicyclic) bond motifs is 1. The van der Waals surface area contributed by atoms with Crippen LogP contribution in [0.25, 0.3) is 27.9 Å². The molecular weight excluding hydrogens is 400 g/mol. The van der Waals surface area contributed by atoms with Gasteiger partial charge in [0.05, 0.1) is 18.5 Å². The first-order valence-corrected chi connectivity index (χ1v) is 10.9. The quantitative estimate of drug-likeness (QED) is 0.446. The van der Waals surface area contributed by atoms with E-state index in [0.29, 0.717) is 0 Å². The summed E-state index contributed by atoms with van der Waals surface area (Å²) in [5.41, 5.74) is 6.10. The van der Waals surface area contributed by atoms with Gasteiger partial charge in [-0.05, 0) is 49.2 Å². The van der Waals surface area contributed by atoms with E-state index in [9.17, 15) is 0 Å². The molecular formula is C26H26N4O2. The molecule has 2 aromatic carbocycles. The van der Waals surface area contributed by atoms with Crippen molar-refractivity contribution in [2.75, 3.05) is 20.2 Å². The first-order chi connectivity index (χ1) is 15.7. The van der Waals surface area contributed by atoms with Crippen molar-refractivity contribution in [1.29, 1.82) is 0 Å². The zero-order valence-corrected chi connectivity index (χ0v) is 18.3. The number of aromatic nitrogens is 3. The highest BCUT2D eigenvalue weighted by molar-refractivity contribution is 5.92. The Labute approximate surface area is 187 Å². The number of rotatable bonds is 6. The smallest absolute Gasteiger partial charge is 0.141 e. The Kier molecular flexibility index (Phi) is 5.60. The molecule has 1 atom stereocenters. The minimum atomic E-state index is -0.0593. The average Bonchev–Trinajstić information content (AvgIpc) is 3.29. The molecule has 0 aliphatic carbocycles. The van der Waals surface area contributed by atoms with Gasteiger partial charge in [0.2, 0.25) is 0 Å². The molecule has 0 saturated carbocycles. The number of methoxy groups -OCH3 is 1. The molecule has 4 aromatic rings. The van der Waals surface area contributed by atoms with Crippen molar-refractivity contribution in [3.8, 4) is 22.8 Å². The normalized spacial score (nSPS) is 14.8. The third-order valence-electron chi connectivity index (χ3n) is 5.84. The number of benzene rings is 2. The van der Waals surface area contributed by atoms with Crippen LogP contribution < -0.4 is 14.8 Å². The second-order valence-corrected chi connectivity index (χ2v) is 7.88. The van der Waals surface area contributed by atoms with Crippen LogP contribution >= 0.6 is 0 Å². The van der Waals surface area contributed by atoms with Crippen molar-refractivity contribution in [2.24, 2.45) is 0 Å². The van der Waals surface area contributed by atoms with Crippen LogP contribution in [-0.2, 0) is 0 Å². The minimum Gasteiger partial charge on any atom is -0.496 e. The van der Waals surface area contributed by atoms with Gasteiger partial charge in [0.25, 0.3) is 0 Å². The molecule has 1 unspecified atom stereocenters. The van der Waals surface area contributed by atoms with E-state index in [1.807, 2.05) is 43.3 Å². The fraction of sp³-hybridized carbons (Fsp3) is 0.231. The van der Waals surface area contributed by atoms with E-state index >= 15 is 0 Å². The summed E-state index contributed by atoms with van der Waals surface area (Å²) >= 11 is 0. The molecule has 0 spiro atoms. The summed E-state index contributed by atoms with van der Waals surface area (Å²) in [5, 5.41) is 4.38. The molecule has 0 saturated heterocycles. The van der Waals surface area contributed by atoms with Gasteiger partial charge in [-0.15, -0.1) is 0 Å². The first-order valence-electron chi connectivity index (χ1n) is 10.9. The maximum atomic E-state index is 6.17. The Morgan fingerprint density at radius 3 is 2.69 bits per heavy atom. The van der Waals surface area contributed by atoms with Crippen LogP contribution in [0.15, 0.2) is 67.0 Å². The zero-order chi connectivity index (χ0) is 21.9. The molecule has 32 heavy (non-hydrogen) atoms. The summed E-state index contributed by atoms with van der Waals surface area (Å²) < 4.78 is 11.9. The fourth-order valence-corrected chi connectivity index (χ4v) is 4.14. The lowest BCUT2D eigenvalue weighted by Crippen LogP contribution is -2.20. The molecule has 0 amide bonds. The van der Waals surface area contributed by atoms with Gasteiger partial charge in [0.15, 0.2) is 0 Å². The van der Waals surface area contributed by atoms with Crippen LogP contribution in [0, 0.1) is 0 Å². The molecule has 5 rings (SSSR count). The van der Waals surface area contributed by atoms with Gasteiger partial charge in [-0.3, -0.25) is 0 Å². The van der Waals surface area contributed by atoms with Crippen molar-refractivity contribution in [3.63, 3.8) is 0 Å². The summed E-state index contributed by atoms with van der Waals surface area (Å²) in [6.45, 7) is 3.88. The average molecular weight is 427 g/mol. The van der Waals surface area contributed by atoms with Gasteiger partial charge in [-0.1, -0.05) is 36.4 Å².